The molecule has 2 aliphatic heterocycles. The molecule has 0 saturated carbocycles. The molecule has 2 N–H and O–H groups in total. The van der Waals surface area contributed by atoms with Gasteiger partial charge < -0.3 is 15.2 Å². The summed E-state index contributed by atoms with van der Waals surface area (Å²) in [5.41, 5.74) is 3.70. The van der Waals surface area contributed by atoms with Gasteiger partial charge in [0.1, 0.15) is 5.69 Å². The maximum Gasteiger partial charge on any atom is 0.224 e. The quantitative estimate of drug-likeness (QED) is 0.727. The fourth-order valence-corrected chi connectivity index (χ4v) is 4.04. The number of fused-ring (bicyclic) bond motifs is 2. The molecule has 1 fully saturated rings. The highest BCUT2D eigenvalue weighted by Crippen LogP contribution is 2.23. The predicted molar refractivity (Wildman–Crippen MR) is 103 cm³/mol. The Bertz CT molecular complexity index is 1020. The number of rotatable bonds is 3. The molecule has 1 saturated heterocycles. The highest BCUT2D eigenvalue weighted by molar-refractivity contribution is 5.82. The van der Waals surface area contributed by atoms with E-state index in [1.54, 1.807) is 0 Å². The summed E-state index contributed by atoms with van der Waals surface area (Å²) in [6.45, 7) is 2.02. The fraction of sp³-hybridized carbons (Fsp3) is 0.400. The van der Waals surface area contributed by atoms with Crippen LogP contribution in [0.1, 0.15) is 31.4 Å². The minimum absolute atomic E-state index is 0.0285. The van der Waals surface area contributed by atoms with Crippen LogP contribution < -0.4 is 5.32 Å². The molecule has 0 bridgehead atoms. The summed E-state index contributed by atoms with van der Waals surface area (Å²) in [5, 5.41) is 7.59. The zero-order chi connectivity index (χ0) is 19.1. The van der Waals surface area contributed by atoms with E-state index in [0.29, 0.717) is 25.9 Å². The zero-order valence-corrected chi connectivity index (χ0v) is 15.5. The summed E-state index contributed by atoms with van der Waals surface area (Å²) >= 11 is 0. The van der Waals surface area contributed by atoms with E-state index in [2.05, 4.69) is 15.3 Å². The third-order valence-corrected chi connectivity index (χ3v) is 5.50. The van der Waals surface area contributed by atoms with Crippen molar-refractivity contribution in [1.82, 2.24) is 30.0 Å². The van der Waals surface area contributed by atoms with E-state index >= 15 is 0 Å². The lowest BCUT2D eigenvalue weighted by atomic mass is 10.1. The molecule has 0 aliphatic carbocycles. The predicted octanol–water partition coefficient (Wildman–Crippen LogP) is 1.83. The van der Waals surface area contributed by atoms with Gasteiger partial charge in [0, 0.05) is 32.0 Å². The van der Waals surface area contributed by atoms with Crippen LogP contribution in [0.15, 0.2) is 30.3 Å². The van der Waals surface area contributed by atoms with Gasteiger partial charge in [0.2, 0.25) is 11.8 Å². The Balaban J connectivity index is 1.35. The molecule has 1 aromatic carbocycles. The van der Waals surface area contributed by atoms with Gasteiger partial charge in [-0.05, 0) is 31.0 Å². The van der Waals surface area contributed by atoms with E-state index in [9.17, 15) is 9.59 Å². The number of aryl methyl sites for hydroxylation is 1. The van der Waals surface area contributed by atoms with E-state index < -0.39 is 0 Å². The number of carbonyl (C=O) groups is 2. The summed E-state index contributed by atoms with van der Waals surface area (Å²) in [4.78, 5) is 33.9. The number of para-hydroxylation sites is 2. The molecule has 5 rings (SSSR count). The molecule has 0 unspecified atom stereocenters. The molecule has 2 amide bonds. The zero-order valence-electron chi connectivity index (χ0n) is 15.5. The van der Waals surface area contributed by atoms with E-state index in [1.165, 1.54) is 0 Å². The number of nitrogens with zero attached hydrogens (tertiary/aromatic N) is 4. The highest BCUT2D eigenvalue weighted by atomic mass is 16.2. The molecule has 0 radical (unpaired) electrons. The second-order valence-corrected chi connectivity index (χ2v) is 7.52. The van der Waals surface area contributed by atoms with Crippen LogP contribution in [-0.2, 0) is 22.7 Å². The van der Waals surface area contributed by atoms with Crippen molar-refractivity contribution < 1.29 is 9.59 Å². The lowest BCUT2D eigenvalue weighted by Gasteiger charge is -2.21. The van der Waals surface area contributed by atoms with E-state index in [1.807, 2.05) is 39.9 Å². The van der Waals surface area contributed by atoms with Crippen LogP contribution in [0.4, 0.5) is 0 Å². The normalized spacial score (nSPS) is 19.5. The number of amides is 2. The maximum absolute atomic E-state index is 12.7. The van der Waals surface area contributed by atoms with Crippen molar-refractivity contribution in [3.8, 4) is 11.5 Å². The minimum atomic E-state index is -0.0285. The number of aromatic nitrogens is 4. The summed E-state index contributed by atoms with van der Waals surface area (Å²) in [7, 11) is 0. The van der Waals surface area contributed by atoms with Gasteiger partial charge in [-0.3, -0.25) is 14.3 Å². The van der Waals surface area contributed by atoms with Crippen molar-refractivity contribution in [2.45, 2.75) is 44.8 Å². The third-order valence-electron chi connectivity index (χ3n) is 5.50. The summed E-state index contributed by atoms with van der Waals surface area (Å²) in [6.07, 6.45) is 2.49. The van der Waals surface area contributed by atoms with Crippen molar-refractivity contribution in [3.05, 3.63) is 36.0 Å². The Labute approximate surface area is 161 Å². The second-order valence-electron chi connectivity index (χ2n) is 7.52. The Kier molecular flexibility index (Phi) is 4.11. The standard InChI is InChI=1S/C20H22N6O2/c27-18-7-6-13(21-18)10-19(28)25-8-3-9-26-14(12-25)11-17(24-26)20-22-15-4-1-2-5-16(15)23-20/h1-2,4-5,11,13H,3,6-10,12H2,(H,21,27)(H,22,23)/t13-/m1/s1. The van der Waals surface area contributed by atoms with Crippen molar-refractivity contribution in [2.75, 3.05) is 6.54 Å². The smallest absolute Gasteiger partial charge is 0.224 e. The Morgan fingerprint density at radius 3 is 2.96 bits per heavy atom. The van der Waals surface area contributed by atoms with Gasteiger partial charge in [-0.1, -0.05) is 12.1 Å². The number of imidazole rings is 1. The van der Waals surface area contributed by atoms with E-state index in [-0.39, 0.29) is 17.9 Å². The van der Waals surface area contributed by atoms with Crippen LogP contribution in [0.5, 0.6) is 0 Å². The van der Waals surface area contributed by atoms with Crippen LogP contribution in [-0.4, -0.2) is 49.0 Å². The molecule has 1 atom stereocenters. The van der Waals surface area contributed by atoms with E-state index in [4.69, 9.17) is 5.10 Å². The molecule has 2 aromatic heterocycles. The second kappa shape index (κ2) is 6.78. The molecular weight excluding hydrogens is 356 g/mol. The van der Waals surface area contributed by atoms with Crippen LogP contribution >= 0.6 is 0 Å². The summed E-state index contributed by atoms with van der Waals surface area (Å²) in [6, 6.07) is 9.89. The van der Waals surface area contributed by atoms with E-state index in [0.717, 1.165) is 47.6 Å². The molecule has 8 nitrogen and oxygen atoms in total. The SMILES string of the molecule is O=C1CC[C@H](CC(=O)N2CCCn3nc(-c4nc5ccccc5[nH]4)cc3C2)N1. The Morgan fingerprint density at radius 2 is 2.14 bits per heavy atom. The topological polar surface area (TPSA) is 95.9 Å². The lowest BCUT2D eigenvalue weighted by Crippen LogP contribution is -2.36. The summed E-state index contributed by atoms with van der Waals surface area (Å²) in [5.74, 6) is 0.877. The van der Waals surface area contributed by atoms with Gasteiger partial charge in [0.05, 0.1) is 23.3 Å². The minimum Gasteiger partial charge on any atom is -0.353 e. The van der Waals surface area contributed by atoms with Crippen molar-refractivity contribution >= 4 is 22.8 Å². The largest absolute Gasteiger partial charge is 0.353 e. The lowest BCUT2D eigenvalue weighted by molar-refractivity contribution is -0.132. The van der Waals surface area contributed by atoms with Gasteiger partial charge in [-0.15, -0.1) is 0 Å². The van der Waals surface area contributed by atoms with Gasteiger partial charge in [-0.2, -0.15) is 5.10 Å². The molecule has 4 heterocycles. The molecule has 144 valence electrons. The van der Waals surface area contributed by atoms with Gasteiger partial charge in [-0.25, -0.2) is 4.98 Å². The fourth-order valence-electron chi connectivity index (χ4n) is 4.04. The molecule has 0 spiro atoms. The number of hydrogen-bond acceptors (Lipinski definition) is 4. The Hall–Kier alpha value is -3.16. The molecular formula is C20H22N6O2. The van der Waals surface area contributed by atoms with Crippen molar-refractivity contribution in [3.63, 3.8) is 0 Å². The molecule has 8 heteroatoms. The van der Waals surface area contributed by atoms with Crippen LogP contribution in [0.25, 0.3) is 22.6 Å². The number of aromatic amines is 1. The first-order chi connectivity index (χ1) is 13.7. The van der Waals surface area contributed by atoms with Crippen LogP contribution in [0, 0.1) is 0 Å². The van der Waals surface area contributed by atoms with Gasteiger partial charge >= 0.3 is 0 Å². The number of benzene rings is 1. The third kappa shape index (κ3) is 3.15. The average Bonchev–Trinajstić information content (AvgIpc) is 3.37. The van der Waals surface area contributed by atoms with Crippen LogP contribution in [0.3, 0.4) is 0 Å². The van der Waals surface area contributed by atoms with Crippen molar-refractivity contribution in [2.24, 2.45) is 0 Å². The first kappa shape index (κ1) is 17.0. The van der Waals surface area contributed by atoms with Crippen LogP contribution in [0.2, 0.25) is 0 Å². The van der Waals surface area contributed by atoms with Gasteiger partial charge in [0.25, 0.3) is 0 Å². The monoisotopic (exact) mass is 378 g/mol. The average molecular weight is 378 g/mol. The molecule has 28 heavy (non-hydrogen) atoms. The maximum atomic E-state index is 12.7. The summed E-state index contributed by atoms with van der Waals surface area (Å²) < 4.78 is 1.98. The molecule has 3 aromatic rings. The number of nitrogens with one attached hydrogen (secondary N) is 2. The van der Waals surface area contributed by atoms with Crippen molar-refractivity contribution in [1.29, 1.82) is 0 Å². The van der Waals surface area contributed by atoms with Gasteiger partial charge in [0.15, 0.2) is 5.82 Å². The molecule has 2 aliphatic rings. The highest BCUT2D eigenvalue weighted by Gasteiger charge is 2.27. The number of hydrogen-bond donors (Lipinski definition) is 2. The first-order valence-corrected chi connectivity index (χ1v) is 9.75. The number of H-pyrrole nitrogens is 1. The number of carbonyl (C=O) groups excluding carboxylic acids is 2. The first-order valence-electron chi connectivity index (χ1n) is 9.75. The Morgan fingerprint density at radius 1 is 1.25 bits per heavy atom.